The van der Waals surface area contributed by atoms with Crippen molar-refractivity contribution in [3.8, 4) is 17.6 Å². The third kappa shape index (κ3) is 7.98. The number of rotatable bonds is 6. The lowest BCUT2D eigenvalue weighted by Crippen LogP contribution is -2.20. The molecular formula is C22H25IOS2Si. The van der Waals surface area contributed by atoms with Gasteiger partial charge in [0.05, 0.1) is 16.4 Å². The number of benzene rings is 2. The maximum Gasteiger partial charge on any atom is 0.135 e. The molecule has 0 radical (unpaired) electrons. The highest BCUT2D eigenvalue weighted by molar-refractivity contribution is 14.1. The highest BCUT2D eigenvalue weighted by atomic mass is 127. The van der Waals surface area contributed by atoms with Gasteiger partial charge in [-0.15, -0.1) is 11.8 Å². The average molecular weight is 525 g/mol. The molecule has 0 unspecified atom stereocenters. The van der Waals surface area contributed by atoms with Crippen LogP contribution in [0.2, 0.25) is 25.7 Å². The summed E-state index contributed by atoms with van der Waals surface area (Å²) in [4.78, 5) is 0. The number of thioether (sulfide) groups is 1. The summed E-state index contributed by atoms with van der Waals surface area (Å²) in [7, 11) is -1.00. The van der Waals surface area contributed by atoms with Gasteiger partial charge in [0.25, 0.3) is 0 Å². The number of ether oxygens (including phenoxy) is 1. The Labute approximate surface area is 187 Å². The van der Waals surface area contributed by atoms with Gasteiger partial charge in [0.1, 0.15) is 5.75 Å². The summed E-state index contributed by atoms with van der Waals surface area (Å²) in [6.07, 6.45) is 0. The van der Waals surface area contributed by atoms with Crippen LogP contribution in [0.1, 0.15) is 23.6 Å². The minimum atomic E-state index is -1.00. The molecule has 0 atom stereocenters. The van der Waals surface area contributed by atoms with Gasteiger partial charge in [-0.3, -0.25) is 0 Å². The van der Waals surface area contributed by atoms with Gasteiger partial charge in [-0.2, -0.15) is 0 Å². The van der Waals surface area contributed by atoms with E-state index >= 15 is 0 Å². The molecule has 142 valence electrons. The van der Waals surface area contributed by atoms with Crippen LogP contribution in [-0.2, 0) is 0 Å². The van der Waals surface area contributed by atoms with Crippen molar-refractivity contribution in [1.29, 1.82) is 0 Å². The standard InChI is InChI=1S/C22H25IOS2Si/c1-5-24-21-16-20(23)13-12-18(21)9-6-17-7-10-19(11-8-17)22(25)26-14-15-27(2,3)4/h7-8,10-13,16H,5,14-15H2,1-4H3. The normalized spacial score (nSPS) is 10.9. The van der Waals surface area contributed by atoms with Crippen molar-refractivity contribution in [2.45, 2.75) is 32.6 Å². The van der Waals surface area contributed by atoms with Gasteiger partial charge in [-0.25, -0.2) is 0 Å². The Morgan fingerprint density at radius 1 is 1.11 bits per heavy atom. The molecular weight excluding hydrogens is 499 g/mol. The van der Waals surface area contributed by atoms with Crippen LogP contribution < -0.4 is 4.74 Å². The third-order valence-electron chi connectivity index (χ3n) is 3.79. The number of thiocarbonyl (C=S) groups is 1. The lowest BCUT2D eigenvalue weighted by Gasteiger charge is -2.15. The molecule has 27 heavy (non-hydrogen) atoms. The van der Waals surface area contributed by atoms with E-state index in [9.17, 15) is 0 Å². The van der Waals surface area contributed by atoms with Crippen LogP contribution >= 0.6 is 46.6 Å². The molecule has 0 amide bonds. The first-order valence-electron chi connectivity index (χ1n) is 9.00. The summed E-state index contributed by atoms with van der Waals surface area (Å²) < 4.78 is 7.81. The fraction of sp³-hybridized carbons (Fsp3) is 0.318. The van der Waals surface area contributed by atoms with E-state index in [2.05, 4.69) is 66.2 Å². The summed E-state index contributed by atoms with van der Waals surface area (Å²) >= 11 is 9.66. The fourth-order valence-electron chi connectivity index (χ4n) is 2.24. The first kappa shape index (κ1) is 22.5. The highest BCUT2D eigenvalue weighted by Gasteiger charge is 2.13. The maximum atomic E-state index is 5.69. The monoisotopic (exact) mass is 524 g/mol. The highest BCUT2D eigenvalue weighted by Crippen LogP contribution is 2.22. The predicted octanol–water partition coefficient (Wildman–Crippen LogP) is 6.84. The second-order valence-electron chi connectivity index (χ2n) is 7.35. The Bertz CT molecular complexity index is 845. The summed E-state index contributed by atoms with van der Waals surface area (Å²) in [5.74, 6) is 8.42. The van der Waals surface area contributed by atoms with Crippen molar-refractivity contribution < 1.29 is 4.74 Å². The zero-order valence-electron chi connectivity index (χ0n) is 16.3. The van der Waals surface area contributed by atoms with Crippen LogP contribution in [0.15, 0.2) is 42.5 Å². The Hall–Kier alpha value is -0.813. The predicted molar refractivity (Wildman–Crippen MR) is 135 cm³/mol. The van der Waals surface area contributed by atoms with E-state index < -0.39 is 8.07 Å². The SMILES string of the molecule is CCOc1cc(I)ccc1C#Cc1ccc(C(=S)SCC[Si](C)(C)C)cc1. The lowest BCUT2D eigenvalue weighted by molar-refractivity contribution is 0.339. The molecule has 0 aliphatic rings. The Morgan fingerprint density at radius 2 is 1.81 bits per heavy atom. The Morgan fingerprint density at radius 3 is 2.44 bits per heavy atom. The molecule has 0 aliphatic carbocycles. The molecule has 2 aromatic rings. The molecule has 2 aromatic carbocycles. The van der Waals surface area contributed by atoms with Crippen molar-refractivity contribution in [2.24, 2.45) is 0 Å². The molecule has 0 aromatic heterocycles. The number of hydrogen-bond donors (Lipinski definition) is 0. The van der Waals surface area contributed by atoms with Gasteiger partial charge in [-0.1, -0.05) is 55.8 Å². The number of hydrogen-bond acceptors (Lipinski definition) is 3. The molecule has 0 saturated heterocycles. The Kier molecular flexibility index (Phi) is 8.87. The minimum absolute atomic E-state index is 0.635. The molecule has 1 nitrogen and oxygen atoms in total. The average Bonchev–Trinajstić information content (AvgIpc) is 2.60. The van der Waals surface area contributed by atoms with Crippen LogP contribution in [0.4, 0.5) is 0 Å². The maximum absolute atomic E-state index is 5.69. The van der Waals surface area contributed by atoms with E-state index in [0.29, 0.717) is 6.61 Å². The van der Waals surface area contributed by atoms with E-state index in [1.165, 1.54) is 6.04 Å². The molecule has 0 N–H and O–H groups in total. The van der Waals surface area contributed by atoms with E-state index in [1.54, 1.807) is 11.8 Å². The van der Waals surface area contributed by atoms with E-state index in [-0.39, 0.29) is 0 Å². The molecule has 0 bridgehead atoms. The summed E-state index contributed by atoms with van der Waals surface area (Å²) in [5.41, 5.74) is 3.01. The third-order valence-corrected chi connectivity index (χ3v) is 8.07. The van der Waals surface area contributed by atoms with Crippen LogP contribution in [0, 0.1) is 15.4 Å². The van der Waals surface area contributed by atoms with Crippen molar-refractivity contribution in [1.82, 2.24) is 0 Å². The van der Waals surface area contributed by atoms with Crippen molar-refractivity contribution in [3.63, 3.8) is 0 Å². The van der Waals surface area contributed by atoms with Crippen LogP contribution in [0.5, 0.6) is 5.75 Å². The lowest BCUT2D eigenvalue weighted by atomic mass is 10.1. The molecule has 0 saturated carbocycles. The van der Waals surface area contributed by atoms with Crippen molar-refractivity contribution in [3.05, 3.63) is 62.7 Å². The van der Waals surface area contributed by atoms with E-state index in [4.69, 9.17) is 17.0 Å². The molecule has 0 spiro atoms. The zero-order valence-corrected chi connectivity index (χ0v) is 21.1. The van der Waals surface area contributed by atoms with Crippen LogP contribution in [0.25, 0.3) is 0 Å². The topological polar surface area (TPSA) is 9.23 Å². The quantitative estimate of drug-likeness (QED) is 0.177. The van der Waals surface area contributed by atoms with Crippen LogP contribution in [0.3, 0.4) is 0 Å². The van der Waals surface area contributed by atoms with Crippen molar-refractivity contribution in [2.75, 3.05) is 12.4 Å². The minimum Gasteiger partial charge on any atom is -0.493 e. The van der Waals surface area contributed by atoms with Gasteiger partial charge in [0.2, 0.25) is 0 Å². The molecule has 5 heteroatoms. The van der Waals surface area contributed by atoms with Crippen molar-refractivity contribution >= 4 is 58.8 Å². The molecule has 0 aliphatic heterocycles. The second-order valence-corrected chi connectivity index (χ2v) is 16.0. The molecule has 2 rings (SSSR count). The molecule has 0 fully saturated rings. The zero-order chi connectivity index (χ0) is 19.9. The second kappa shape index (κ2) is 10.7. The number of halogens is 1. The first-order chi connectivity index (χ1) is 12.8. The largest absolute Gasteiger partial charge is 0.493 e. The van der Waals surface area contributed by atoms with Gasteiger partial charge in [0, 0.05) is 17.2 Å². The van der Waals surface area contributed by atoms with Gasteiger partial charge < -0.3 is 4.74 Å². The fourth-order valence-corrected chi connectivity index (χ4v) is 6.43. The Balaban J connectivity index is 2.05. The van der Waals surface area contributed by atoms with Gasteiger partial charge >= 0.3 is 0 Å². The van der Waals surface area contributed by atoms with Crippen LogP contribution in [-0.4, -0.2) is 24.6 Å². The summed E-state index contributed by atoms with van der Waals surface area (Å²) in [5, 5.41) is 0. The van der Waals surface area contributed by atoms with Gasteiger partial charge in [0.15, 0.2) is 0 Å². The smallest absolute Gasteiger partial charge is 0.135 e. The first-order valence-corrected chi connectivity index (χ1v) is 15.2. The van der Waals surface area contributed by atoms with Gasteiger partial charge in [-0.05, 0) is 77.2 Å². The molecule has 0 heterocycles. The summed E-state index contributed by atoms with van der Waals surface area (Å²) in [6.45, 7) is 9.81. The summed E-state index contributed by atoms with van der Waals surface area (Å²) in [6, 6.07) is 15.6. The van der Waals surface area contributed by atoms with E-state index in [0.717, 1.165) is 36.0 Å². The van der Waals surface area contributed by atoms with E-state index in [1.807, 2.05) is 37.3 Å².